The second-order valence-corrected chi connectivity index (χ2v) is 19.8. The van der Waals surface area contributed by atoms with Crippen LogP contribution < -0.4 is 0 Å². The number of hydrogen-bond donors (Lipinski definition) is 0. The quantitative estimate of drug-likeness (QED) is 0.137. The third-order valence-corrected chi connectivity index (χ3v) is 14.8. The number of aromatic nitrogens is 4. The van der Waals surface area contributed by atoms with E-state index in [1.165, 1.54) is 0 Å². The number of rotatable bonds is 10. The van der Waals surface area contributed by atoms with Crippen molar-refractivity contribution in [3.63, 3.8) is 0 Å². The lowest BCUT2D eigenvalue weighted by Crippen LogP contribution is -1.99. The molecule has 3 aromatic heterocycles. The van der Waals surface area contributed by atoms with Crippen molar-refractivity contribution in [3.8, 4) is 112 Å². The molecule has 0 fully saturated rings. The summed E-state index contributed by atoms with van der Waals surface area (Å²) in [5, 5.41) is 3.02. The molecular formula is C74H48N4. The molecule has 3 heterocycles. The number of nitrogens with zero attached hydrogens (tertiary/aromatic N) is 4. The summed E-state index contributed by atoms with van der Waals surface area (Å²) in [5.41, 5.74) is 22.4. The third kappa shape index (κ3) is 8.87. The van der Waals surface area contributed by atoms with Crippen molar-refractivity contribution < 1.29 is 0 Å². The molecule has 0 amide bonds. The maximum Gasteiger partial charge on any atom is 0.160 e. The van der Waals surface area contributed by atoms with E-state index in [-0.39, 0.29) is 0 Å². The zero-order chi connectivity index (χ0) is 51.8. The number of fused-ring (bicyclic) bond motifs is 3. The van der Waals surface area contributed by atoms with Crippen LogP contribution >= 0.6 is 0 Å². The molecule has 0 aliphatic heterocycles. The molecule has 0 saturated carbocycles. The highest BCUT2D eigenvalue weighted by Crippen LogP contribution is 2.43. The van der Waals surface area contributed by atoms with Gasteiger partial charge in [-0.2, -0.15) is 0 Å². The lowest BCUT2D eigenvalue weighted by atomic mass is 9.91. The van der Waals surface area contributed by atoms with E-state index in [1.807, 2.05) is 12.1 Å². The molecule has 0 saturated heterocycles. The summed E-state index contributed by atoms with van der Waals surface area (Å²) in [6.07, 6.45) is 0. The maximum absolute atomic E-state index is 5.70. The largest absolute Gasteiger partial charge is 0.248 e. The van der Waals surface area contributed by atoms with Gasteiger partial charge in [-0.15, -0.1) is 0 Å². The fourth-order valence-electron chi connectivity index (χ4n) is 10.9. The van der Waals surface area contributed by atoms with E-state index >= 15 is 0 Å². The Bertz CT molecular complexity index is 4510. The zero-order valence-corrected chi connectivity index (χ0v) is 42.5. The molecule has 0 radical (unpaired) electrons. The van der Waals surface area contributed by atoms with Gasteiger partial charge >= 0.3 is 0 Å². The number of hydrogen-bond acceptors (Lipinski definition) is 4. The van der Waals surface area contributed by atoms with Gasteiger partial charge in [0.25, 0.3) is 0 Å². The van der Waals surface area contributed by atoms with Crippen LogP contribution in [0.4, 0.5) is 0 Å². The molecule has 4 nitrogen and oxygen atoms in total. The molecule has 14 aromatic rings. The topological polar surface area (TPSA) is 51.6 Å². The van der Waals surface area contributed by atoms with E-state index < -0.39 is 0 Å². The Labute approximate surface area is 453 Å². The minimum absolute atomic E-state index is 0.602. The van der Waals surface area contributed by atoms with Crippen LogP contribution in [0.15, 0.2) is 291 Å². The predicted molar refractivity (Wildman–Crippen MR) is 325 cm³/mol. The lowest BCUT2D eigenvalue weighted by Gasteiger charge is -2.17. The second kappa shape index (κ2) is 20.0. The first kappa shape index (κ1) is 46.1. The number of pyridine rings is 2. The molecule has 0 aliphatic carbocycles. The minimum atomic E-state index is 0.602. The summed E-state index contributed by atoms with van der Waals surface area (Å²) < 4.78 is 0. The van der Waals surface area contributed by atoms with Crippen molar-refractivity contribution in [1.29, 1.82) is 0 Å². The van der Waals surface area contributed by atoms with Crippen LogP contribution in [0.1, 0.15) is 0 Å². The van der Waals surface area contributed by atoms with Gasteiger partial charge in [-0.3, -0.25) is 0 Å². The summed E-state index contributed by atoms with van der Waals surface area (Å²) in [5.74, 6) is 0.602. The molecule has 0 spiro atoms. The fourth-order valence-corrected chi connectivity index (χ4v) is 10.9. The van der Waals surface area contributed by atoms with E-state index in [1.54, 1.807) is 0 Å². The van der Waals surface area contributed by atoms with E-state index in [0.29, 0.717) is 5.82 Å². The van der Waals surface area contributed by atoms with Crippen molar-refractivity contribution in [3.05, 3.63) is 291 Å². The molecular weight excluding hydrogens is 945 g/mol. The maximum atomic E-state index is 5.70. The summed E-state index contributed by atoms with van der Waals surface area (Å²) in [7, 11) is 0. The molecule has 14 rings (SSSR count). The first-order valence-corrected chi connectivity index (χ1v) is 26.4. The molecule has 0 unspecified atom stereocenters. The van der Waals surface area contributed by atoms with Gasteiger partial charge in [0.1, 0.15) is 0 Å². The van der Waals surface area contributed by atoms with E-state index in [9.17, 15) is 0 Å². The van der Waals surface area contributed by atoms with Crippen molar-refractivity contribution >= 4 is 32.7 Å². The van der Waals surface area contributed by atoms with E-state index in [2.05, 4.69) is 279 Å². The first-order valence-electron chi connectivity index (χ1n) is 26.4. The second-order valence-electron chi connectivity index (χ2n) is 19.8. The number of benzene rings is 11. The minimum Gasteiger partial charge on any atom is -0.248 e. The van der Waals surface area contributed by atoms with Crippen molar-refractivity contribution in [2.75, 3.05) is 0 Å². The summed E-state index contributed by atoms with van der Waals surface area (Å²) >= 11 is 0. The molecule has 0 atom stereocenters. The average Bonchev–Trinajstić information content (AvgIpc) is 3.53. The highest BCUT2D eigenvalue weighted by atomic mass is 14.9. The Hall–Kier alpha value is -10.4. The molecule has 0 bridgehead atoms. The summed E-state index contributed by atoms with van der Waals surface area (Å²) in [6, 6.07) is 103. The van der Waals surface area contributed by atoms with Crippen molar-refractivity contribution in [2.45, 2.75) is 0 Å². The Balaban J connectivity index is 1.04. The van der Waals surface area contributed by atoms with Gasteiger partial charge in [0.15, 0.2) is 5.82 Å². The Kier molecular flexibility index (Phi) is 11.8. The zero-order valence-electron chi connectivity index (χ0n) is 42.5. The standard InChI is InChI=1S/C74H48N4/c1-7-21-49(22-8-1)55-33-19-35-57(41-55)62-44-66(58-36-20-34-56(42-58)50-23-9-2-10-24-50)73-67(45-62)72(60-39-40-63-64(51-25-11-3-12-26-51)48-69(75-70(63)46-60)53-29-15-5-16-30-53)77-74(78-73)61-38-37-59-43-65(52-27-13-4-14-28-52)71(76-68(59)47-61)54-31-17-6-18-32-54/h1-48H. The highest BCUT2D eigenvalue weighted by Gasteiger charge is 2.21. The van der Waals surface area contributed by atoms with Gasteiger partial charge < -0.3 is 0 Å². The third-order valence-electron chi connectivity index (χ3n) is 14.8. The lowest BCUT2D eigenvalue weighted by molar-refractivity contribution is 1.23. The molecule has 4 heteroatoms. The Morgan fingerprint density at radius 1 is 0.205 bits per heavy atom. The average molecular weight is 993 g/mol. The van der Waals surface area contributed by atoms with Gasteiger partial charge in [-0.1, -0.05) is 243 Å². The van der Waals surface area contributed by atoms with Gasteiger partial charge in [-0.25, -0.2) is 19.9 Å². The van der Waals surface area contributed by atoms with Gasteiger partial charge in [-0.05, 0) is 104 Å². The van der Waals surface area contributed by atoms with Crippen LogP contribution in [0.25, 0.3) is 145 Å². The summed E-state index contributed by atoms with van der Waals surface area (Å²) in [6.45, 7) is 0. The van der Waals surface area contributed by atoms with E-state index in [4.69, 9.17) is 19.9 Å². The van der Waals surface area contributed by atoms with Crippen LogP contribution in [0, 0.1) is 0 Å². The van der Waals surface area contributed by atoms with Crippen molar-refractivity contribution in [1.82, 2.24) is 19.9 Å². The van der Waals surface area contributed by atoms with Gasteiger partial charge in [0.2, 0.25) is 0 Å². The first-order chi connectivity index (χ1) is 38.6. The Morgan fingerprint density at radius 2 is 0.705 bits per heavy atom. The molecule has 11 aromatic carbocycles. The molecule has 364 valence electrons. The smallest absolute Gasteiger partial charge is 0.160 e. The fraction of sp³-hybridized carbons (Fsp3) is 0. The SMILES string of the molecule is c1ccc(-c2cccc(-c3cc(-c4cccc(-c5ccccc5)c4)c4nc(-c5ccc6cc(-c7ccccc7)c(-c7ccccc7)nc6c5)nc(-c5ccc6c(-c7ccccc7)cc(-c7ccccc7)nc6c5)c4c3)c2)cc1. The van der Waals surface area contributed by atoms with E-state index in [0.717, 1.165) is 139 Å². The van der Waals surface area contributed by atoms with Crippen molar-refractivity contribution in [2.24, 2.45) is 0 Å². The van der Waals surface area contributed by atoms with Crippen LogP contribution in [0.2, 0.25) is 0 Å². The van der Waals surface area contributed by atoms with Gasteiger partial charge in [0.05, 0.1) is 33.6 Å². The van der Waals surface area contributed by atoms with Crippen LogP contribution in [0.5, 0.6) is 0 Å². The molecule has 78 heavy (non-hydrogen) atoms. The Morgan fingerprint density at radius 3 is 1.33 bits per heavy atom. The normalized spacial score (nSPS) is 11.3. The monoisotopic (exact) mass is 992 g/mol. The van der Waals surface area contributed by atoms with Crippen LogP contribution in [-0.2, 0) is 0 Å². The van der Waals surface area contributed by atoms with Crippen LogP contribution in [-0.4, -0.2) is 19.9 Å². The summed E-state index contributed by atoms with van der Waals surface area (Å²) in [4.78, 5) is 22.3. The van der Waals surface area contributed by atoms with Gasteiger partial charge in [0, 0.05) is 49.5 Å². The highest BCUT2D eigenvalue weighted by molar-refractivity contribution is 6.07. The molecule has 0 aliphatic rings. The van der Waals surface area contributed by atoms with Crippen LogP contribution in [0.3, 0.4) is 0 Å². The predicted octanol–water partition coefficient (Wildman–Crippen LogP) is 19.4. The molecule has 0 N–H and O–H groups in total.